The van der Waals surface area contributed by atoms with Gasteiger partial charge in [-0.05, 0) is 11.6 Å². The van der Waals surface area contributed by atoms with Gasteiger partial charge in [0.2, 0.25) is 0 Å². The van der Waals surface area contributed by atoms with Crippen LogP contribution in [0, 0.1) is 0 Å². The second-order valence-corrected chi connectivity index (χ2v) is 2.17. The van der Waals surface area contributed by atoms with Crippen LogP contribution in [-0.2, 0) is 6.54 Å². The zero-order valence-electron chi connectivity index (χ0n) is 5.95. The van der Waals surface area contributed by atoms with Crippen LogP contribution >= 0.6 is 0 Å². The van der Waals surface area contributed by atoms with Crippen molar-refractivity contribution < 1.29 is 9.90 Å². The molecule has 0 aliphatic heterocycles. The Morgan fingerprint density at radius 1 is 1.42 bits per heavy atom. The third-order valence-corrected chi connectivity index (χ3v) is 1.47. The summed E-state index contributed by atoms with van der Waals surface area (Å²) in [5.41, 5.74) is 6.28. The van der Waals surface area contributed by atoms with Crippen molar-refractivity contribution in [3.8, 4) is 0 Å². The average molecular weight is 175 g/mol. The first-order chi connectivity index (χ1) is 5.25. The van der Waals surface area contributed by atoms with Crippen LogP contribution in [0.2, 0.25) is 0 Å². The van der Waals surface area contributed by atoms with E-state index in [2.05, 4.69) is 0 Å². The number of hydrogen-bond acceptors (Lipinski definition) is 2. The fourth-order valence-electron chi connectivity index (χ4n) is 0.907. The molecule has 0 aromatic heterocycles. The molecule has 0 radical (unpaired) electrons. The predicted molar refractivity (Wildman–Crippen MR) is 48.4 cm³/mol. The topological polar surface area (TPSA) is 63.3 Å². The van der Waals surface area contributed by atoms with Crippen LogP contribution < -0.4 is 5.73 Å². The molecule has 0 heterocycles. The molecule has 0 unspecified atom stereocenters. The van der Waals surface area contributed by atoms with Crippen molar-refractivity contribution >= 4 is 35.5 Å². The summed E-state index contributed by atoms with van der Waals surface area (Å²) in [7, 11) is 0. The second-order valence-electron chi connectivity index (χ2n) is 2.17. The molecule has 0 spiro atoms. The second kappa shape index (κ2) is 5.32. The summed E-state index contributed by atoms with van der Waals surface area (Å²) in [6.45, 7) is 0.266. The van der Waals surface area contributed by atoms with Gasteiger partial charge in [-0.2, -0.15) is 0 Å². The van der Waals surface area contributed by atoms with Crippen molar-refractivity contribution in [3.05, 3.63) is 35.4 Å². The quantitative estimate of drug-likeness (QED) is 0.631. The molecule has 4 heteroatoms. The van der Waals surface area contributed by atoms with Gasteiger partial charge in [0.05, 0.1) is 5.56 Å². The van der Waals surface area contributed by atoms with Crippen LogP contribution in [0.3, 0.4) is 0 Å². The third kappa shape index (κ3) is 2.60. The van der Waals surface area contributed by atoms with Crippen LogP contribution in [-0.4, -0.2) is 40.6 Å². The number of carbonyl (C=O) groups is 1. The van der Waals surface area contributed by atoms with Crippen molar-refractivity contribution in [1.82, 2.24) is 0 Å². The number of rotatable bonds is 2. The number of benzene rings is 1. The van der Waals surface area contributed by atoms with Gasteiger partial charge in [0, 0.05) is 6.54 Å². The molecule has 0 aliphatic rings. The molecule has 12 heavy (non-hydrogen) atoms. The van der Waals surface area contributed by atoms with Gasteiger partial charge in [0.15, 0.2) is 0 Å². The first-order valence-corrected chi connectivity index (χ1v) is 3.27. The van der Waals surface area contributed by atoms with E-state index in [1.807, 2.05) is 0 Å². The third-order valence-electron chi connectivity index (χ3n) is 1.47. The van der Waals surface area contributed by atoms with Crippen molar-refractivity contribution in [3.63, 3.8) is 0 Å². The average Bonchev–Trinajstić information content (AvgIpc) is 2.04. The Labute approximate surface area is 92.9 Å². The van der Waals surface area contributed by atoms with Crippen LogP contribution in [0.4, 0.5) is 0 Å². The number of aromatic carboxylic acids is 1. The maximum absolute atomic E-state index is 10.5. The van der Waals surface area contributed by atoms with Crippen molar-refractivity contribution in [2.24, 2.45) is 5.73 Å². The summed E-state index contributed by atoms with van der Waals surface area (Å²) < 4.78 is 0. The van der Waals surface area contributed by atoms with Crippen molar-refractivity contribution in [1.29, 1.82) is 0 Å². The molecule has 0 fully saturated rings. The van der Waals surface area contributed by atoms with E-state index in [1.165, 1.54) is 0 Å². The Balaban J connectivity index is 0.00000121. The predicted octanol–water partition coefficient (Wildman–Crippen LogP) is 0.195. The van der Waals surface area contributed by atoms with E-state index in [0.717, 1.165) is 0 Å². The van der Waals surface area contributed by atoms with Gasteiger partial charge in [-0.25, -0.2) is 4.79 Å². The van der Waals surface area contributed by atoms with Crippen LogP contribution in [0.15, 0.2) is 24.3 Å². The van der Waals surface area contributed by atoms with Crippen LogP contribution in [0.1, 0.15) is 15.9 Å². The fourth-order valence-corrected chi connectivity index (χ4v) is 0.907. The summed E-state index contributed by atoms with van der Waals surface area (Å²) in [5.74, 6) is -0.925. The van der Waals surface area contributed by atoms with Gasteiger partial charge < -0.3 is 10.8 Å². The first kappa shape index (κ1) is 11.6. The molecule has 60 valence electrons. The monoisotopic (exact) mass is 175 g/mol. The Hall–Kier alpha value is -0.350. The molecule has 0 saturated heterocycles. The maximum atomic E-state index is 10.5. The van der Waals surface area contributed by atoms with E-state index >= 15 is 0 Å². The normalized spacial score (nSPS) is 8.75. The Morgan fingerprint density at radius 3 is 2.42 bits per heavy atom. The van der Waals surface area contributed by atoms with Gasteiger partial charge in [-0.15, -0.1) is 0 Å². The summed E-state index contributed by atoms with van der Waals surface area (Å²) in [5, 5.41) is 8.64. The number of carboxylic acids is 1. The molecule has 0 aliphatic carbocycles. The fraction of sp³-hybridized carbons (Fsp3) is 0.125. The van der Waals surface area contributed by atoms with Crippen molar-refractivity contribution in [2.75, 3.05) is 0 Å². The molecule has 0 saturated carbocycles. The van der Waals surface area contributed by atoms with Crippen LogP contribution in [0.25, 0.3) is 0 Å². The van der Waals surface area contributed by atoms with E-state index < -0.39 is 5.97 Å². The minimum absolute atomic E-state index is 0. The van der Waals surface area contributed by atoms with Gasteiger partial charge >= 0.3 is 35.5 Å². The standard InChI is InChI=1S/C8H9NO2.Na.H/c9-5-6-3-1-2-4-7(6)8(10)11;;/h1-4H,5,9H2,(H,10,11);;. The zero-order chi connectivity index (χ0) is 8.27. The summed E-state index contributed by atoms with van der Waals surface area (Å²) in [6.07, 6.45) is 0. The molecule has 3 N–H and O–H groups in total. The number of carboxylic acid groups (broad SMARTS) is 1. The molecule has 1 rings (SSSR count). The molecule has 0 atom stereocenters. The molecule has 3 nitrogen and oxygen atoms in total. The number of nitrogens with two attached hydrogens (primary N) is 1. The summed E-state index contributed by atoms with van der Waals surface area (Å²) in [6, 6.07) is 6.71. The molecular weight excluding hydrogens is 165 g/mol. The van der Waals surface area contributed by atoms with Crippen molar-refractivity contribution in [2.45, 2.75) is 6.54 Å². The van der Waals surface area contributed by atoms with Gasteiger partial charge in [-0.3, -0.25) is 0 Å². The Bertz CT molecular complexity index is 276. The van der Waals surface area contributed by atoms with E-state index in [1.54, 1.807) is 24.3 Å². The molecular formula is C8H10NNaO2. The molecule has 1 aromatic rings. The van der Waals surface area contributed by atoms with Gasteiger partial charge in [0.1, 0.15) is 0 Å². The number of hydrogen-bond donors (Lipinski definition) is 2. The van der Waals surface area contributed by atoms with E-state index in [9.17, 15) is 4.79 Å². The molecule has 1 aromatic carbocycles. The Morgan fingerprint density at radius 2 is 2.00 bits per heavy atom. The van der Waals surface area contributed by atoms with Crippen LogP contribution in [0.5, 0.6) is 0 Å². The van der Waals surface area contributed by atoms with E-state index in [-0.39, 0.29) is 41.7 Å². The minimum atomic E-state index is -0.925. The summed E-state index contributed by atoms with van der Waals surface area (Å²) >= 11 is 0. The SMILES string of the molecule is NCc1ccccc1C(=O)O.[NaH]. The first-order valence-electron chi connectivity index (χ1n) is 3.27. The van der Waals surface area contributed by atoms with E-state index in [4.69, 9.17) is 10.8 Å². The van der Waals surface area contributed by atoms with E-state index in [0.29, 0.717) is 5.56 Å². The molecule has 0 bridgehead atoms. The Kier molecular flexibility index (Phi) is 5.17. The zero-order valence-corrected chi connectivity index (χ0v) is 5.95. The van der Waals surface area contributed by atoms with Gasteiger partial charge in [-0.1, -0.05) is 18.2 Å². The van der Waals surface area contributed by atoms with Gasteiger partial charge in [0.25, 0.3) is 0 Å². The summed E-state index contributed by atoms with van der Waals surface area (Å²) in [4.78, 5) is 10.5. The molecule has 0 amide bonds.